The van der Waals surface area contributed by atoms with Crippen LogP contribution in [0.2, 0.25) is 0 Å². The van der Waals surface area contributed by atoms with Crippen LogP contribution in [-0.2, 0) is 10.8 Å². The summed E-state index contributed by atoms with van der Waals surface area (Å²) in [5.41, 5.74) is -3.09. The summed E-state index contributed by atoms with van der Waals surface area (Å²) < 4.78 is 144. The van der Waals surface area contributed by atoms with Gasteiger partial charge >= 0.3 is 0 Å². The van der Waals surface area contributed by atoms with E-state index >= 15 is 0 Å². The van der Waals surface area contributed by atoms with Crippen LogP contribution < -0.4 is 30.2 Å². The molecule has 7 aromatic carbocycles. The summed E-state index contributed by atoms with van der Waals surface area (Å²) >= 11 is 0. The summed E-state index contributed by atoms with van der Waals surface area (Å²) in [5.74, 6) is -1.86. The molecule has 0 N–H and O–H groups in total. The molecule has 2 aliphatic heterocycles. The molecular weight excluding hydrogens is 757 g/mol. The summed E-state index contributed by atoms with van der Waals surface area (Å²) in [6.45, 7) is -12.5. The standard InChI is InChI=1S/C58H56O2Si/c1-57(2)47-29-15-16-31-51(47)59-55-49(57)30-18-32-53(55)61(43-24-7-5-8-25-43,44-26-9-6-10-27-44)45-28-17-23-42(37-45)54-46(40-21-13-14-22-40)34-36-50-56(54)60-52-38-41(39-19-11-12-20-39)33-35-48(52)58(50,3)4/h5-10,15-18,23-40H,11-14,19-22H2,1-4H3/i1D3,2D3,3D3,4D3,39D,40D. The van der Waals surface area contributed by atoms with Gasteiger partial charge < -0.3 is 9.47 Å². The van der Waals surface area contributed by atoms with Crippen molar-refractivity contribution in [1.82, 2.24) is 0 Å². The maximum absolute atomic E-state index is 10.2. The van der Waals surface area contributed by atoms with E-state index < -0.39 is 58.1 Å². The van der Waals surface area contributed by atoms with Crippen molar-refractivity contribution in [3.05, 3.63) is 191 Å². The van der Waals surface area contributed by atoms with Crippen molar-refractivity contribution >= 4 is 28.8 Å². The lowest BCUT2D eigenvalue weighted by atomic mass is 9.73. The van der Waals surface area contributed by atoms with E-state index in [9.17, 15) is 11.0 Å². The zero-order chi connectivity index (χ0) is 53.2. The fourth-order valence-corrected chi connectivity index (χ4v) is 15.6. The molecule has 0 saturated heterocycles. The lowest BCUT2D eigenvalue weighted by molar-refractivity contribution is 0.417. The van der Waals surface area contributed by atoms with Crippen LogP contribution in [0.25, 0.3) is 11.1 Å². The maximum Gasteiger partial charge on any atom is 0.184 e. The molecule has 0 bridgehead atoms. The van der Waals surface area contributed by atoms with Gasteiger partial charge in [0, 0.05) is 57.8 Å². The van der Waals surface area contributed by atoms with Gasteiger partial charge in [-0.1, -0.05) is 199 Å². The third-order valence-electron chi connectivity index (χ3n) is 13.7. The Morgan fingerprint density at radius 2 is 1.05 bits per heavy atom. The molecule has 2 fully saturated rings. The van der Waals surface area contributed by atoms with Gasteiger partial charge in [-0.3, -0.25) is 0 Å². The van der Waals surface area contributed by atoms with Gasteiger partial charge in [0.25, 0.3) is 0 Å². The molecule has 4 aliphatic rings. The van der Waals surface area contributed by atoms with Crippen LogP contribution in [0, 0.1) is 0 Å². The predicted molar refractivity (Wildman–Crippen MR) is 255 cm³/mol. The van der Waals surface area contributed by atoms with E-state index in [4.69, 9.17) is 17.7 Å². The van der Waals surface area contributed by atoms with Crippen LogP contribution in [0.3, 0.4) is 0 Å². The highest BCUT2D eigenvalue weighted by atomic mass is 28.3. The van der Waals surface area contributed by atoms with E-state index in [-0.39, 0.29) is 45.3 Å². The first-order chi connectivity index (χ1) is 35.4. The van der Waals surface area contributed by atoms with Gasteiger partial charge in [0.15, 0.2) is 8.07 Å². The number of rotatable bonds is 7. The molecule has 0 radical (unpaired) electrons. The van der Waals surface area contributed by atoms with Crippen molar-refractivity contribution in [3.8, 4) is 34.1 Å². The Morgan fingerprint density at radius 1 is 0.492 bits per heavy atom. The van der Waals surface area contributed by atoms with Crippen molar-refractivity contribution in [2.45, 2.75) is 101 Å². The molecule has 0 atom stereocenters. The molecule has 0 aromatic heterocycles. The Kier molecular flexibility index (Phi) is 6.29. The van der Waals surface area contributed by atoms with Crippen LogP contribution in [0.15, 0.2) is 158 Å². The molecule has 2 aliphatic carbocycles. The first-order valence-corrected chi connectivity index (χ1v) is 23.6. The normalized spacial score (nSPS) is 23.0. The second-order valence-corrected chi connectivity index (χ2v) is 20.9. The smallest absolute Gasteiger partial charge is 0.184 e. The fraction of sp³-hybridized carbons (Fsp3) is 0.276. The minimum Gasteiger partial charge on any atom is -0.457 e. The number of fused-ring (bicyclic) bond motifs is 4. The minimum atomic E-state index is -3.91. The molecule has 0 unspecified atom stereocenters. The second kappa shape index (κ2) is 14.8. The van der Waals surface area contributed by atoms with E-state index in [0.29, 0.717) is 53.1 Å². The van der Waals surface area contributed by atoms with E-state index in [1.807, 2.05) is 91.0 Å². The van der Waals surface area contributed by atoms with Crippen LogP contribution in [0.5, 0.6) is 23.0 Å². The van der Waals surface area contributed by atoms with Gasteiger partial charge in [0.1, 0.15) is 23.0 Å². The number of para-hydroxylation sites is 2. The van der Waals surface area contributed by atoms with Gasteiger partial charge in [-0.15, -0.1) is 0 Å². The zero-order valence-corrected chi connectivity index (χ0v) is 35.0. The molecule has 61 heavy (non-hydrogen) atoms. The van der Waals surface area contributed by atoms with E-state index in [1.165, 1.54) is 12.1 Å². The topological polar surface area (TPSA) is 18.5 Å². The van der Waals surface area contributed by atoms with E-state index in [2.05, 4.69) is 0 Å². The van der Waals surface area contributed by atoms with Crippen LogP contribution in [0.1, 0.15) is 143 Å². The Balaban J connectivity index is 1.26. The first kappa shape index (κ1) is 26.0. The highest BCUT2D eigenvalue weighted by Crippen LogP contribution is 2.55. The first-order valence-electron chi connectivity index (χ1n) is 28.6. The molecule has 304 valence electrons. The summed E-state index contributed by atoms with van der Waals surface area (Å²) in [5, 5.41) is 3.00. The maximum atomic E-state index is 10.2. The van der Waals surface area contributed by atoms with E-state index in [0.717, 1.165) is 41.2 Å². The molecule has 0 spiro atoms. The van der Waals surface area contributed by atoms with Crippen molar-refractivity contribution in [3.63, 3.8) is 0 Å². The largest absolute Gasteiger partial charge is 0.457 e. The van der Waals surface area contributed by atoms with Crippen molar-refractivity contribution < 1.29 is 28.7 Å². The third-order valence-corrected chi connectivity index (χ3v) is 18.5. The summed E-state index contributed by atoms with van der Waals surface area (Å²) in [4.78, 5) is 0. The Labute approximate surface area is 383 Å². The van der Waals surface area contributed by atoms with Crippen LogP contribution in [-0.4, -0.2) is 8.07 Å². The molecule has 2 nitrogen and oxygen atoms in total. The van der Waals surface area contributed by atoms with Gasteiger partial charge in [-0.25, -0.2) is 0 Å². The number of hydrogen-bond donors (Lipinski definition) is 0. The summed E-state index contributed by atoms with van der Waals surface area (Å²) in [6, 6.07) is 47.0. The molecule has 0 amide bonds. The molecule has 7 aromatic rings. The van der Waals surface area contributed by atoms with Gasteiger partial charge in [-0.2, -0.15) is 0 Å². The number of ether oxygens (including phenoxy) is 2. The third kappa shape index (κ3) is 6.02. The van der Waals surface area contributed by atoms with Crippen molar-refractivity contribution in [2.75, 3.05) is 0 Å². The molecule has 2 saturated carbocycles. The molecule has 11 rings (SSSR count). The Bertz CT molecular complexity index is 3270. The molecule has 3 heteroatoms. The molecule has 2 heterocycles. The average Bonchev–Trinajstić information content (AvgIpc) is 4.08. The predicted octanol–water partition coefficient (Wildman–Crippen LogP) is 12.9. The highest BCUT2D eigenvalue weighted by Gasteiger charge is 2.47. The zero-order valence-electron chi connectivity index (χ0n) is 48.0. The van der Waals surface area contributed by atoms with Gasteiger partial charge in [0.05, 0.1) is 0 Å². The summed E-state index contributed by atoms with van der Waals surface area (Å²) in [7, 11) is -3.91. The lowest BCUT2D eigenvalue weighted by Crippen LogP contribution is -2.75. The monoisotopic (exact) mass is 826 g/mol. The Morgan fingerprint density at radius 3 is 1.75 bits per heavy atom. The SMILES string of the molecule is [2H]C1(c2ccc3c(c2)Oc2c(ccc(C4([2H])CCCC4)c2-c2cccc([Si](c4ccccc4)(c4ccccc4)c4cccc5c4Oc4ccccc4C5(C([2H])([2H])[2H])C([2H])([2H])[2H])c2)C3(C([2H])([2H])[2H])C([2H])([2H])[2H])CCCC1. The quantitative estimate of drug-likeness (QED) is 0.118. The average molecular weight is 827 g/mol. The van der Waals surface area contributed by atoms with E-state index in [1.54, 1.807) is 54.6 Å². The Hall–Kier alpha value is -5.64. The number of benzene rings is 7. The molecular formula is C58H56O2Si. The van der Waals surface area contributed by atoms with Gasteiger partial charge in [0.2, 0.25) is 0 Å². The van der Waals surface area contributed by atoms with Crippen LogP contribution in [0.4, 0.5) is 0 Å². The fourth-order valence-electron chi connectivity index (χ4n) is 10.7. The number of hydrogen-bond acceptors (Lipinski definition) is 2. The second-order valence-electron chi connectivity index (χ2n) is 17.1. The van der Waals surface area contributed by atoms with Crippen molar-refractivity contribution in [2.24, 2.45) is 0 Å². The van der Waals surface area contributed by atoms with Crippen LogP contribution >= 0.6 is 0 Å². The highest BCUT2D eigenvalue weighted by molar-refractivity contribution is 7.20. The lowest BCUT2D eigenvalue weighted by Gasteiger charge is -2.40. The summed E-state index contributed by atoms with van der Waals surface area (Å²) in [6.07, 6.45) is 5.36. The van der Waals surface area contributed by atoms with Crippen molar-refractivity contribution in [1.29, 1.82) is 0 Å². The van der Waals surface area contributed by atoms with Gasteiger partial charge in [-0.05, 0) is 87.0 Å². The minimum absolute atomic E-state index is 0.000410.